The second-order valence-corrected chi connectivity index (χ2v) is 7.51. The third-order valence-electron chi connectivity index (χ3n) is 5.57. The molecule has 4 nitrogen and oxygen atoms in total. The monoisotopic (exact) mass is 361 g/mol. The lowest BCUT2D eigenvalue weighted by atomic mass is 10.1. The molecule has 0 radical (unpaired) electrons. The smallest absolute Gasteiger partial charge is 0.227 e. The van der Waals surface area contributed by atoms with Gasteiger partial charge in [-0.25, -0.2) is 4.98 Å². The van der Waals surface area contributed by atoms with Crippen molar-refractivity contribution in [1.29, 1.82) is 0 Å². The van der Waals surface area contributed by atoms with Crippen LogP contribution in [0.5, 0.6) is 0 Å². The molecule has 2 aromatic carbocycles. The molecule has 2 heterocycles. The molecule has 0 saturated carbocycles. The standard InChI is InChI=1S/C23H27N3O/c1-3-4-9-14-25-21-13-8-6-11-19(21)24-23(25)18-15-22(27)26(16-18)20-12-7-5-10-17(20)2/h5-8,10-13,18H,3-4,9,14-16H2,1-2H3/t18-/m0/s1. The van der Waals surface area contributed by atoms with E-state index in [1.807, 2.05) is 29.2 Å². The number of nitrogens with zero attached hydrogens (tertiary/aromatic N) is 3. The highest BCUT2D eigenvalue weighted by Gasteiger charge is 2.35. The molecular formula is C23H27N3O. The summed E-state index contributed by atoms with van der Waals surface area (Å²) in [4.78, 5) is 19.7. The molecule has 0 unspecified atom stereocenters. The van der Waals surface area contributed by atoms with Crippen LogP contribution < -0.4 is 4.90 Å². The van der Waals surface area contributed by atoms with Crippen molar-refractivity contribution < 1.29 is 4.79 Å². The predicted molar refractivity (Wildman–Crippen MR) is 110 cm³/mol. The van der Waals surface area contributed by atoms with E-state index in [1.165, 1.54) is 18.4 Å². The Labute approximate surface area is 160 Å². The van der Waals surface area contributed by atoms with Gasteiger partial charge in [-0.3, -0.25) is 4.79 Å². The highest BCUT2D eigenvalue weighted by atomic mass is 16.2. The summed E-state index contributed by atoms with van der Waals surface area (Å²) < 4.78 is 2.35. The van der Waals surface area contributed by atoms with Gasteiger partial charge in [0.25, 0.3) is 0 Å². The molecule has 0 aliphatic carbocycles. The van der Waals surface area contributed by atoms with Gasteiger partial charge in [-0.05, 0) is 37.1 Å². The molecule has 3 aromatic rings. The van der Waals surface area contributed by atoms with E-state index < -0.39 is 0 Å². The minimum atomic E-state index is 0.145. The van der Waals surface area contributed by atoms with E-state index in [2.05, 4.69) is 42.7 Å². The van der Waals surface area contributed by atoms with Crippen LogP contribution >= 0.6 is 0 Å². The van der Waals surface area contributed by atoms with Crippen LogP contribution in [-0.2, 0) is 11.3 Å². The van der Waals surface area contributed by atoms with Gasteiger partial charge in [-0.2, -0.15) is 0 Å². The lowest BCUT2D eigenvalue weighted by Crippen LogP contribution is -2.25. The van der Waals surface area contributed by atoms with E-state index in [4.69, 9.17) is 4.98 Å². The molecule has 0 bridgehead atoms. The molecule has 1 aromatic heterocycles. The molecule has 1 saturated heterocycles. The number of para-hydroxylation sites is 3. The quantitative estimate of drug-likeness (QED) is 0.576. The van der Waals surface area contributed by atoms with Crippen molar-refractivity contribution in [3.05, 3.63) is 59.9 Å². The number of carbonyl (C=O) groups excluding carboxylic acids is 1. The Morgan fingerprint density at radius 3 is 2.67 bits per heavy atom. The van der Waals surface area contributed by atoms with E-state index in [0.717, 1.165) is 35.6 Å². The number of carbonyl (C=O) groups is 1. The van der Waals surface area contributed by atoms with Crippen molar-refractivity contribution in [2.75, 3.05) is 11.4 Å². The van der Waals surface area contributed by atoms with E-state index in [1.54, 1.807) is 0 Å². The summed E-state index contributed by atoms with van der Waals surface area (Å²) in [5.74, 6) is 1.41. The average molecular weight is 361 g/mol. The Balaban J connectivity index is 1.67. The summed E-state index contributed by atoms with van der Waals surface area (Å²) in [7, 11) is 0. The zero-order chi connectivity index (χ0) is 18.8. The van der Waals surface area contributed by atoms with Crippen LogP contribution in [0.3, 0.4) is 0 Å². The molecule has 4 heteroatoms. The SMILES string of the molecule is CCCCCn1c([C@H]2CC(=O)N(c3ccccc3C)C2)nc2ccccc21. The molecule has 4 rings (SSSR count). The fourth-order valence-electron chi connectivity index (χ4n) is 4.14. The van der Waals surface area contributed by atoms with Crippen LogP contribution in [-0.4, -0.2) is 22.0 Å². The maximum atomic E-state index is 12.8. The number of fused-ring (bicyclic) bond motifs is 1. The summed E-state index contributed by atoms with van der Waals surface area (Å²) in [6, 6.07) is 16.5. The van der Waals surface area contributed by atoms with Crippen LogP contribution in [0, 0.1) is 6.92 Å². The second kappa shape index (κ2) is 7.55. The van der Waals surface area contributed by atoms with Gasteiger partial charge >= 0.3 is 0 Å². The Hall–Kier alpha value is -2.62. The highest BCUT2D eigenvalue weighted by Crippen LogP contribution is 2.34. The lowest BCUT2D eigenvalue weighted by molar-refractivity contribution is -0.117. The number of benzene rings is 2. The topological polar surface area (TPSA) is 38.1 Å². The fourth-order valence-corrected chi connectivity index (χ4v) is 4.14. The normalized spacial score (nSPS) is 17.2. The van der Waals surface area contributed by atoms with Crippen molar-refractivity contribution >= 4 is 22.6 Å². The van der Waals surface area contributed by atoms with E-state index >= 15 is 0 Å². The number of rotatable bonds is 6. The molecule has 140 valence electrons. The lowest BCUT2D eigenvalue weighted by Gasteiger charge is -2.19. The zero-order valence-electron chi connectivity index (χ0n) is 16.2. The molecule has 1 aliphatic rings. The fraction of sp³-hybridized carbons (Fsp3) is 0.391. The van der Waals surface area contributed by atoms with Gasteiger partial charge in [0.05, 0.1) is 11.0 Å². The largest absolute Gasteiger partial charge is 0.328 e. The summed E-state index contributed by atoms with van der Waals surface area (Å²) in [6.45, 7) is 5.97. The first-order valence-electron chi connectivity index (χ1n) is 10.00. The molecule has 0 spiro atoms. The van der Waals surface area contributed by atoms with Gasteiger partial charge in [0.1, 0.15) is 5.82 Å². The number of aromatic nitrogens is 2. The summed E-state index contributed by atoms with van der Waals surface area (Å²) in [5.41, 5.74) is 4.39. The first kappa shape index (κ1) is 17.8. The number of hydrogen-bond acceptors (Lipinski definition) is 2. The molecule has 1 atom stereocenters. The number of anilines is 1. The van der Waals surface area contributed by atoms with Crippen LogP contribution in [0.2, 0.25) is 0 Å². The van der Waals surface area contributed by atoms with E-state index in [9.17, 15) is 4.79 Å². The van der Waals surface area contributed by atoms with Crippen molar-refractivity contribution in [1.82, 2.24) is 9.55 Å². The summed E-state index contributed by atoms with van der Waals surface area (Å²) in [5, 5.41) is 0. The van der Waals surface area contributed by atoms with Crippen LogP contribution in [0.1, 0.15) is 49.9 Å². The molecule has 1 aliphatic heterocycles. The molecular weight excluding hydrogens is 334 g/mol. The maximum absolute atomic E-state index is 12.8. The molecule has 1 fully saturated rings. The van der Waals surface area contributed by atoms with Gasteiger partial charge in [-0.15, -0.1) is 0 Å². The Bertz CT molecular complexity index is 959. The van der Waals surface area contributed by atoms with Crippen molar-refractivity contribution in [3.63, 3.8) is 0 Å². The third-order valence-corrected chi connectivity index (χ3v) is 5.57. The van der Waals surface area contributed by atoms with Gasteiger partial charge < -0.3 is 9.47 Å². The van der Waals surface area contributed by atoms with E-state index in [0.29, 0.717) is 13.0 Å². The minimum absolute atomic E-state index is 0.145. The number of amides is 1. The van der Waals surface area contributed by atoms with Crippen LogP contribution in [0.4, 0.5) is 5.69 Å². The zero-order valence-corrected chi connectivity index (χ0v) is 16.2. The number of imidazole rings is 1. The highest BCUT2D eigenvalue weighted by molar-refractivity contribution is 5.97. The van der Waals surface area contributed by atoms with Gasteiger partial charge in [0, 0.05) is 31.1 Å². The summed E-state index contributed by atoms with van der Waals surface area (Å²) in [6.07, 6.45) is 4.09. The van der Waals surface area contributed by atoms with Crippen molar-refractivity contribution in [3.8, 4) is 0 Å². The Morgan fingerprint density at radius 2 is 1.85 bits per heavy atom. The van der Waals surface area contributed by atoms with Gasteiger partial charge in [-0.1, -0.05) is 50.1 Å². The van der Waals surface area contributed by atoms with Crippen molar-refractivity contribution in [2.45, 2.75) is 52.0 Å². The number of unbranched alkanes of at least 4 members (excludes halogenated alkanes) is 2. The predicted octanol–water partition coefficient (Wildman–Crippen LogP) is 5.06. The molecule has 0 N–H and O–H groups in total. The average Bonchev–Trinajstić information content (AvgIpc) is 3.23. The number of aryl methyl sites for hydroxylation is 2. The van der Waals surface area contributed by atoms with Crippen LogP contribution in [0.25, 0.3) is 11.0 Å². The minimum Gasteiger partial charge on any atom is -0.328 e. The van der Waals surface area contributed by atoms with Crippen LogP contribution in [0.15, 0.2) is 48.5 Å². The maximum Gasteiger partial charge on any atom is 0.227 e. The summed E-state index contributed by atoms with van der Waals surface area (Å²) >= 11 is 0. The first-order valence-corrected chi connectivity index (χ1v) is 10.00. The van der Waals surface area contributed by atoms with Gasteiger partial charge in [0.15, 0.2) is 0 Å². The molecule has 27 heavy (non-hydrogen) atoms. The Morgan fingerprint density at radius 1 is 1.07 bits per heavy atom. The third kappa shape index (κ3) is 3.36. The molecule has 1 amide bonds. The van der Waals surface area contributed by atoms with E-state index in [-0.39, 0.29) is 11.8 Å². The number of hydrogen-bond donors (Lipinski definition) is 0. The van der Waals surface area contributed by atoms with Gasteiger partial charge in [0.2, 0.25) is 5.91 Å². The first-order chi connectivity index (χ1) is 13.2. The van der Waals surface area contributed by atoms with Crippen molar-refractivity contribution in [2.24, 2.45) is 0 Å². The Kier molecular flexibility index (Phi) is 4.97. The second-order valence-electron chi connectivity index (χ2n) is 7.51.